The first-order valence-corrected chi connectivity index (χ1v) is 8.40. The third kappa shape index (κ3) is 2.26. The topological polar surface area (TPSA) is 52.6 Å². The number of allylic oxidation sites excluding steroid dienone is 4. The molecule has 0 radical (unpaired) electrons. The summed E-state index contributed by atoms with van der Waals surface area (Å²) in [6.07, 6.45) is 1.48. The molecule has 3 atom stereocenters. The fourth-order valence-corrected chi connectivity index (χ4v) is 4.56. The van der Waals surface area contributed by atoms with Crippen molar-refractivity contribution < 1.29 is 19.1 Å². The van der Waals surface area contributed by atoms with Gasteiger partial charge in [-0.05, 0) is 32.3 Å². The lowest BCUT2D eigenvalue weighted by Gasteiger charge is -2.46. The number of rotatable bonds is 1. The van der Waals surface area contributed by atoms with E-state index in [4.69, 9.17) is 32.7 Å². The van der Waals surface area contributed by atoms with Gasteiger partial charge in [0.15, 0.2) is 0 Å². The third-order valence-electron chi connectivity index (χ3n) is 5.03. The van der Waals surface area contributed by atoms with Crippen molar-refractivity contribution in [1.29, 1.82) is 0 Å². The second-order valence-corrected chi connectivity index (χ2v) is 7.44. The van der Waals surface area contributed by atoms with Gasteiger partial charge in [-0.2, -0.15) is 0 Å². The number of ether oxygens (including phenoxy) is 2. The Kier molecular flexibility index (Phi) is 3.88. The van der Waals surface area contributed by atoms with Crippen LogP contribution in [0.5, 0.6) is 0 Å². The minimum Gasteiger partial charge on any atom is -0.429 e. The van der Waals surface area contributed by atoms with E-state index in [1.807, 2.05) is 13.8 Å². The minimum absolute atomic E-state index is 0.326. The summed E-state index contributed by atoms with van der Waals surface area (Å²) in [6.45, 7) is 6.95. The van der Waals surface area contributed by atoms with E-state index in [0.29, 0.717) is 17.1 Å². The van der Waals surface area contributed by atoms with Gasteiger partial charge in [-0.1, -0.05) is 6.92 Å². The highest BCUT2D eigenvalue weighted by molar-refractivity contribution is 6.32. The maximum absolute atomic E-state index is 12.0. The molecule has 0 spiro atoms. The second kappa shape index (κ2) is 5.38. The smallest absolute Gasteiger partial charge is 0.339 e. The summed E-state index contributed by atoms with van der Waals surface area (Å²) < 4.78 is 10.8. The summed E-state index contributed by atoms with van der Waals surface area (Å²) in [7, 11) is 0. The largest absolute Gasteiger partial charge is 0.429 e. The van der Waals surface area contributed by atoms with Gasteiger partial charge in [-0.3, -0.25) is 4.79 Å². The first-order chi connectivity index (χ1) is 10.7. The maximum Gasteiger partial charge on any atom is 0.339 e. The highest BCUT2D eigenvalue weighted by Crippen LogP contribution is 2.57. The minimum atomic E-state index is -0.612. The predicted octanol–water partition coefficient (Wildman–Crippen LogP) is 3.98. The molecule has 0 amide bonds. The van der Waals surface area contributed by atoms with Gasteiger partial charge in [0.25, 0.3) is 0 Å². The normalized spacial score (nSPS) is 33.6. The fourth-order valence-electron chi connectivity index (χ4n) is 3.74. The number of hydrogen-bond acceptors (Lipinski definition) is 4. The molecule has 0 unspecified atom stereocenters. The molecule has 124 valence electrons. The Morgan fingerprint density at radius 1 is 1.30 bits per heavy atom. The van der Waals surface area contributed by atoms with Crippen LogP contribution in [0.2, 0.25) is 0 Å². The van der Waals surface area contributed by atoms with Gasteiger partial charge in [0.1, 0.15) is 16.9 Å². The number of fused-ring (bicyclic) bond motifs is 2. The Morgan fingerprint density at radius 3 is 2.57 bits per heavy atom. The van der Waals surface area contributed by atoms with Gasteiger partial charge in [0.2, 0.25) is 0 Å². The van der Waals surface area contributed by atoms with Crippen LogP contribution in [0.15, 0.2) is 33.8 Å². The van der Waals surface area contributed by atoms with Crippen LogP contribution in [0.3, 0.4) is 0 Å². The summed E-state index contributed by atoms with van der Waals surface area (Å²) in [5.74, 6) is 0.139. The molecular formula is C17H18Cl2O4. The zero-order valence-corrected chi connectivity index (χ0v) is 15.0. The van der Waals surface area contributed by atoms with Crippen LogP contribution in [-0.2, 0) is 19.1 Å². The van der Waals surface area contributed by atoms with E-state index in [2.05, 4.69) is 0 Å². The molecule has 0 saturated heterocycles. The average Bonchev–Trinajstić information content (AvgIpc) is 2.76. The number of carbonyl (C=O) groups excluding carboxylic acids is 2. The molecule has 0 aromatic carbocycles. The number of esters is 2. The van der Waals surface area contributed by atoms with Crippen molar-refractivity contribution in [3.63, 3.8) is 0 Å². The molecule has 1 aliphatic heterocycles. The first-order valence-electron chi connectivity index (χ1n) is 7.53. The summed E-state index contributed by atoms with van der Waals surface area (Å²) in [6, 6.07) is 0. The number of hydrogen-bond donors (Lipinski definition) is 0. The molecule has 0 aromatic heterocycles. The molecule has 0 saturated carbocycles. The van der Waals surface area contributed by atoms with Crippen LogP contribution in [0.4, 0.5) is 0 Å². The zero-order valence-electron chi connectivity index (χ0n) is 13.5. The molecule has 0 N–H and O–H groups in total. The Balaban J connectivity index is 2.27. The van der Waals surface area contributed by atoms with Gasteiger partial charge in [-0.15, -0.1) is 23.2 Å². The molecule has 3 aliphatic rings. The Morgan fingerprint density at radius 2 is 1.96 bits per heavy atom. The Hall–Kier alpha value is -1.26. The summed E-state index contributed by atoms with van der Waals surface area (Å²) in [5.41, 5.74) is 2.67. The van der Waals surface area contributed by atoms with Crippen LogP contribution < -0.4 is 0 Å². The molecule has 2 aliphatic carbocycles. The Bertz CT molecular complexity index is 716. The van der Waals surface area contributed by atoms with Crippen molar-refractivity contribution in [1.82, 2.24) is 0 Å². The average molecular weight is 357 g/mol. The van der Waals surface area contributed by atoms with E-state index < -0.39 is 22.1 Å². The van der Waals surface area contributed by atoms with Gasteiger partial charge in [-0.25, -0.2) is 4.79 Å². The molecule has 4 nitrogen and oxygen atoms in total. The highest BCUT2D eigenvalue weighted by atomic mass is 35.5. The van der Waals surface area contributed by atoms with Crippen LogP contribution in [-0.4, -0.2) is 22.7 Å². The number of carbonyl (C=O) groups is 2. The zero-order chi connectivity index (χ0) is 17.1. The second-order valence-electron chi connectivity index (χ2n) is 6.50. The van der Waals surface area contributed by atoms with Crippen LogP contribution in [0.1, 0.15) is 40.5 Å². The molecule has 1 heterocycles. The maximum atomic E-state index is 12.0. The number of alkyl halides is 2. The van der Waals surface area contributed by atoms with E-state index in [1.165, 1.54) is 6.92 Å². The quantitative estimate of drug-likeness (QED) is 0.526. The lowest BCUT2D eigenvalue weighted by Crippen LogP contribution is -2.45. The first kappa shape index (κ1) is 16.6. The standard InChI is InChI=1S/C17H18Cl2O4/c1-7-10-5-6-17(4)11(14(10)23-16(7)21)8(2)13(22-9(3)20)12(18)15(17)19/h12,15H,5-6H2,1-4H3/t12-,15+,17-/m1/s1. The number of halogens is 2. The van der Waals surface area contributed by atoms with Crippen LogP contribution in [0, 0.1) is 5.41 Å². The molecule has 23 heavy (non-hydrogen) atoms. The molecule has 6 heteroatoms. The lowest BCUT2D eigenvalue weighted by atomic mass is 9.63. The highest BCUT2D eigenvalue weighted by Gasteiger charge is 2.53. The molecule has 0 aromatic rings. The van der Waals surface area contributed by atoms with Crippen molar-refractivity contribution in [3.8, 4) is 0 Å². The summed E-state index contributed by atoms with van der Waals surface area (Å²) >= 11 is 13.1. The van der Waals surface area contributed by atoms with Crippen molar-refractivity contribution in [3.05, 3.63) is 33.8 Å². The van der Waals surface area contributed by atoms with Crippen molar-refractivity contribution in [2.75, 3.05) is 0 Å². The molecule has 3 rings (SSSR count). The van der Waals surface area contributed by atoms with Crippen LogP contribution >= 0.6 is 23.2 Å². The fraction of sp³-hybridized carbons (Fsp3) is 0.529. The van der Waals surface area contributed by atoms with Gasteiger partial charge < -0.3 is 9.47 Å². The Labute approximate surface area is 145 Å². The summed E-state index contributed by atoms with van der Waals surface area (Å²) in [5, 5.41) is -1.08. The summed E-state index contributed by atoms with van der Waals surface area (Å²) in [4.78, 5) is 23.4. The lowest BCUT2D eigenvalue weighted by molar-refractivity contribution is -0.137. The van der Waals surface area contributed by atoms with Crippen molar-refractivity contribution >= 4 is 35.1 Å². The molecular weight excluding hydrogens is 339 g/mol. The van der Waals surface area contributed by atoms with Crippen LogP contribution in [0.25, 0.3) is 0 Å². The van der Waals surface area contributed by atoms with E-state index in [9.17, 15) is 9.59 Å². The molecule has 0 bridgehead atoms. The van der Waals surface area contributed by atoms with Gasteiger partial charge >= 0.3 is 11.9 Å². The van der Waals surface area contributed by atoms with Crippen molar-refractivity contribution in [2.24, 2.45) is 5.41 Å². The molecule has 0 fully saturated rings. The van der Waals surface area contributed by atoms with Gasteiger partial charge in [0.05, 0.1) is 5.38 Å². The van der Waals surface area contributed by atoms with E-state index in [1.54, 1.807) is 6.92 Å². The monoisotopic (exact) mass is 356 g/mol. The van der Waals surface area contributed by atoms with E-state index in [0.717, 1.165) is 29.6 Å². The van der Waals surface area contributed by atoms with E-state index >= 15 is 0 Å². The predicted molar refractivity (Wildman–Crippen MR) is 86.9 cm³/mol. The SMILES string of the molecule is CC(=O)OC1=C(C)C2=C3OC(=O)C(C)=C3CC[C@@]2(C)[C@@H](Cl)[C@@H]1Cl. The van der Waals surface area contributed by atoms with Crippen molar-refractivity contribution in [2.45, 2.75) is 51.3 Å². The van der Waals surface area contributed by atoms with E-state index in [-0.39, 0.29) is 5.97 Å². The third-order valence-corrected chi connectivity index (χ3v) is 6.35. The van der Waals surface area contributed by atoms with Gasteiger partial charge in [0, 0.05) is 29.1 Å².